The van der Waals surface area contributed by atoms with Gasteiger partial charge in [-0.05, 0) is 37.1 Å². The van der Waals surface area contributed by atoms with Crippen LogP contribution in [0, 0.1) is 5.92 Å². The highest BCUT2D eigenvalue weighted by atomic mass is 16.7. The van der Waals surface area contributed by atoms with Crippen molar-refractivity contribution in [1.82, 2.24) is 0 Å². The van der Waals surface area contributed by atoms with Crippen molar-refractivity contribution in [3.05, 3.63) is 52.2 Å². The number of rotatable bonds is 9. The molecule has 2 saturated heterocycles. The number of aliphatic hydroxyl groups is 7. The Kier molecular flexibility index (Phi) is 10.6. The van der Waals surface area contributed by atoms with Crippen molar-refractivity contribution >= 4 is 17.0 Å². The fourth-order valence-corrected chi connectivity index (χ4v) is 5.43. The summed E-state index contributed by atoms with van der Waals surface area (Å²) < 4.78 is 34.4. The summed E-state index contributed by atoms with van der Waals surface area (Å²) in [6.07, 6.45) is -12.3. The third kappa shape index (κ3) is 6.74. The lowest BCUT2D eigenvalue weighted by Gasteiger charge is -2.39. The summed E-state index contributed by atoms with van der Waals surface area (Å²) in [6, 6.07) is 7.37. The van der Waals surface area contributed by atoms with Crippen molar-refractivity contribution in [2.75, 3.05) is 13.7 Å². The van der Waals surface area contributed by atoms with E-state index in [-0.39, 0.29) is 34.0 Å². The molecule has 48 heavy (non-hydrogen) atoms. The maximum absolute atomic E-state index is 14.2. The number of benzene rings is 2. The molecule has 8 N–H and O–H groups in total. The largest absolute Gasteiger partial charge is 0.507 e. The van der Waals surface area contributed by atoms with E-state index < -0.39 is 84.9 Å². The van der Waals surface area contributed by atoms with Gasteiger partial charge < -0.3 is 69.0 Å². The van der Waals surface area contributed by atoms with E-state index in [9.17, 15) is 45.6 Å². The molecule has 0 spiro atoms. The van der Waals surface area contributed by atoms with Crippen molar-refractivity contribution < 1.29 is 69.0 Å². The summed E-state index contributed by atoms with van der Waals surface area (Å²) >= 11 is 0. The van der Waals surface area contributed by atoms with Gasteiger partial charge in [-0.1, -0.05) is 26.0 Å². The summed E-state index contributed by atoms with van der Waals surface area (Å²) in [5.74, 6) is -1.03. The Hall–Kier alpha value is -3.77. The lowest BCUT2D eigenvalue weighted by Crippen LogP contribution is -2.60. The molecule has 3 heterocycles. The molecule has 15 nitrogen and oxygen atoms in total. The van der Waals surface area contributed by atoms with E-state index in [1.54, 1.807) is 36.4 Å². The van der Waals surface area contributed by atoms with Gasteiger partial charge in [-0.25, -0.2) is 0 Å². The average molecular weight is 677 g/mol. The van der Waals surface area contributed by atoms with Crippen LogP contribution >= 0.6 is 0 Å². The van der Waals surface area contributed by atoms with Gasteiger partial charge in [0.25, 0.3) is 0 Å². The molecule has 0 aliphatic carbocycles. The molecule has 0 saturated carbocycles. The van der Waals surface area contributed by atoms with Gasteiger partial charge in [-0.3, -0.25) is 4.79 Å². The van der Waals surface area contributed by atoms with Crippen LogP contribution in [0.25, 0.3) is 28.4 Å². The minimum atomic E-state index is -1.78. The first-order valence-corrected chi connectivity index (χ1v) is 15.3. The third-order valence-electron chi connectivity index (χ3n) is 8.24. The van der Waals surface area contributed by atoms with E-state index in [1.165, 1.54) is 14.0 Å². The van der Waals surface area contributed by atoms with Crippen LogP contribution in [0.2, 0.25) is 0 Å². The second-order valence-electron chi connectivity index (χ2n) is 12.0. The molecule has 2 fully saturated rings. The van der Waals surface area contributed by atoms with Crippen LogP contribution in [0.15, 0.2) is 45.6 Å². The molecule has 10 unspecified atom stereocenters. The molecule has 0 amide bonds. The minimum Gasteiger partial charge on any atom is -0.507 e. The monoisotopic (exact) mass is 676 g/mol. The molecule has 0 radical (unpaired) electrons. The Labute approximate surface area is 274 Å². The van der Waals surface area contributed by atoms with Crippen LogP contribution in [0.5, 0.6) is 23.0 Å². The number of methoxy groups -OCH3 is 1. The first kappa shape index (κ1) is 35.5. The highest BCUT2D eigenvalue weighted by Crippen LogP contribution is 2.42. The topological polar surface area (TPSA) is 238 Å². The van der Waals surface area contributed by atoms with Crippen molar-refractivity contribution in [2.24, 2.45) is 5.92 Å². The van der Waals surface area contributed by atoms with Crippen LogP contribution in [-0.2, 0) is 9.47 Å². The highest BCUT2D eigenvalue weighted by molar-refractivity contribution is 5.95. The molecule has 2 aliphatic heterocycles. The Morgan fingerprint density at radius 3 is 2.10 bits per heavy atom. The van der Waals surface area contributed by atoms with E-state index in [2.05, 4.69) is 0 Å². The summed E-state index contributed by atoms with van der Waals surface area (Å²) in [7, 11) is 1.47. The van der Waals surface area contributed by atoms with Crippen LogP contribution in [0.4, 0.5) is 0 Å². The van der Waals surface area contributed by atoms with Crippen molar-refractivity contribution in [3.8, 4) is 34.3 Å². The van der Waals surface area contributed by atoms with Gasteiger partial charge in [0, 0.05) is 11.6 Å². The lowest BCUT2D eigenvalue weighted by molar-refractivity contribution is -0.277. The molecular weight excluding hydrogens is 636 g/mol. The number of allylic oxidation sites excluding steroid dienone is 1. The summed E-state index contributed by atoms with van der Waals surface area (Å²) in [4.78, 5) is 14.2. The third-order valence-corrected chi connectivity index (χ3v) is 8.24. The van der Waals surface area contributed by atoms with Gasteiger partial charge in [0.1, 0.15) is 65.4 Å². The summed E-state index contributed by atoms with van der Waals surface area (Å²) in [5.41, 5.74) is -0.693. The molecule has 0 bridgehead atoms. The zero-order valence-electron chi connectivity index (χ0n) is 26.5. The Morgan fingerprint density at radius 2 is 1.50 bits per heavy atom. The fraction of sp³-hybridized carbons (Fsp3) is 0.485. The van der Waals surface area contributed by atoms with E-state index in [0.717, 1.165) is 6.07 Å². The number of ether oxygens (including phenoxy) is 5. The molecule has 1 aromatic heterocycles. The van der Waals surface area contributed by atoms with E-state index in [1.807, 2.05) is 13.8 Å². The predicted octanol–water partition coefficient (Wildman–Crippen LogP) is 0.228. The quantitative estimate of drug-likeness (QED) is 0.151. The Morgan fingerprint density at radius 1 is 0.875 bits per heavy atom. The molecule has 2 aromatic carbocycles. The Balaban J connectivity index is 1.72. The SMILES string of the molecule is COc1ccc(-c2oc3c(/C=C/C(C)C)c(OC4OC(CO)C(O)C(O)C4O)cc(O)c3c(=O)c2OC2OC(C)C(O)C(O)C2O)cc1. The maximum Gasteiger partial charge on any atom is 0.239 e. The molecule has 262 valence electrons. The van der Waals surface area contributed by atoms with Gasteiger partial charge in [0.2, 0.25) is 23.8 Å². The van der Waals surface area contributed by atoms with Crippen LogP contribution in [-0.4, -0.2) is 116 Å². The van der Waals surface area contributed by atoms with E-state index >= 15 is 0 Å². The molecule has 15 heteroatoms. The first-order chi connectivity index (χ1) is 22.8. The van der Waals surface area contributed by atoms with Crippen molar-refractivity contribution in [1.29, 1.82) is 0 Å². The van der Waals surface area contributed by atoms with Crippen LogP contribution in [0.1, 0.15) is 26.3 Å². The van der Waals surface area contributed by atoms with Gasteiger partial charge in [-0.15, -0.1) is 0 Å². The number of fused-ring (bicyclic) bond motifs is 1. The van der Waals surface area contributed by atoms with Gasteiger partial charge in [0.15, 0.2) is 11.3 Å². The maximum atomic E-state index is 14.2. The first-order valence-electron chi connectivity index (χ1n) is 15.3. The van der Waals surface area contributed by atoms with Crippen molar-refractivity contribution in [2.45, 2.75) is 82.2 Å². The molecule has 10 atom stereocenters. The number of phenolic OH excluding ortho intramolecular Hbond substituents is 1. The highest BCUT2D eigenvalue weighted by Gasteiger charge is 2.46. The number of aliphatic hydroxyl groups excluding tert-OH is 7. The smallest absolute Gasteiger partial charge is 0.239 e. The molecular formula is C33H40O15. The van der Waals surface area contributed by atoms with Crippen LogP contribution < -0.4 is 19.6 Å². The van der Waals surface area contributed by atoms with Crippen LogP contribution in [0.3, 0.4) is 0 Å². The summed E-state index contributed by atoms with van der Waals surface area (Å²) in [6.45, 7) is 4.50. The van der Waals surface area contributed by atoms with Gasteiger partial charge in [-0.2, -0.15) is 0 Å². The average Bonchev–Trinajstić information content (AvgIpc) is 3.06. The Bertz CT molecular complexity index is 1670. The van der Waals surface area contributed by atoms with Crippen molar-refractivity contribution in [3.63, 3.8) is 0 Å². The van der Waals surface area contributed by atoms with E-state index in [0.29, 0.717) is 11.3 Å². The standard InChI is InChI=1S/C33H40O15/c1-13(2)5-10-17-19(45-33-28(42)26(40)23(37)20(12-34)46-33)11-18(35)21-24(38)31(48-32-27(41)25(39)22(36)14(3)44-32)29(47-30(17)21)15-6-8-16(43-4)9-7-15/h5-11,13-14,20,22-23,25-28,32-37,39-42H,12H2,1-4H3/b10-5+. The van der Waals surface area contributed by atoms with Gasteiger partial charge in [0.05, 0.1) is 25.4 Å². The van der Waals surface area contributed by atoms with Gasteiger partial charge >= 0.3 is 0 Å². The minimum absolute atomic E-state index is 0.0296. The number of phenols is 1. The summed E-state index contributed by atoms with van der Waals surface area (Å²) in [5, 5.41) is 82.8. The normalized spacial score (nSPS) is 31.0. The molecule has 2 aliphatic rings. The second kappa shape index (κ2) is 14.4. The number of aromatic hydroxyl groups is 1. The fourth-order valence-electron chi connectivity index (χ4n) is 5.43. The number of hydrogen-bond acceptors (Lipinski definition) is 15. The predicted molar refractivity (Wildman–Crippen MR) is 167 cm³/mol. The molecule has 5 rings (SSSR count). The number of hydrogen-bond donors (Lipinski definition) is 8. The van der Waals surface area contributed by atoms with E-state index in [4.69, 9.17) is 28.1 Å². The lowest BCUT2D eigenvalue weighted by atomic mass is 9.99. The molecule has 3 aromatic rings. The zero-order valence-corrected chi connectivity index (χ0v) is 26.5. The second-order valence-corrected chi connectivity index (χ2v) is 12.0. The zero-order chi connectivity index (χ0) is 35.0.